The minimum atomic E-state index is -1.12. The number of rotatable bonds is 24. The lowest BCUT2D eigenvalue weighted by atomic mass is 10.2. The molecule has 13 heteroatoms. The van der Waals surface area contributed by atoms with Crippen molar-refractivity contribution in [3.63, 3.8) is 0 Å². The van der Waals surface area contributed by atoms with Crippen molar-refractivity contribution in [2.45, 2.75) is 53.7 Å². The van der Waals surface area contributed by atoms with Crippen LogP contribution in [0.25, 0.3) is 0 Å². The molecule has 0 fully saturated rings. The topological polar surface area (TPSA) is 139 Å². The minimum Gasteiger partial charge on any atom is -0.489 e. The van der Waals surface area contributed by atoms with E-state index < -0.39 is 24.4 Å². The molecule has 13 nitrogen and oxygen atoms in total. The number of aryl methyl sites for hydroxylation is 1. The molecular weight excluding hydrogens is 660 g/mol. The number of nitrogens with zero attached hydrogens (tertiary/aromatic N) is 2. The van der Waals surface area contributed by atoms with Gasteiger partial charge in [0.05, 0.1) is 24.6 Å². The third kappa shape index (κ3) is 12.6. The largest absolute Gasteiger partial charge is 0.489 e. The number of esters is 2. The fraction of sp³-hybridized carbons (Fsp3) is 0.421. The lowest BCUT2D eigenvalue weighted by Crippen LogP contribution is -2.48. The van der Waals surface area contributed by atoms with E-state index in [1.807, 2.05) is 43.3 Å². The molecule has 0 aliphatic carbocycles. The molecule has 0 N–H and O–H groups in total. The van der Waals surface area contributed by atoms with E-state index in [1.54, 1.807) is 58.0 Å². The Labute approximate surface area is 299 Å². The van der Waals surface area contributed by atoms with E-state index in [0.29, 0.717) is 47.8 Å². The van der Waals surface area contributed by atoms with Crippen LogP contribution in [0, 0.1) is 6.92 Å². The Morgan fingerprint density at radius 3 is 1.80 bits per heavy atom. The molecule has 3 aromatic carbocycles. The van der Waals surface area contributed by atoms with E-state index in [4.69, 9.17) is 33.2 Å². The average molecular weight is 709 g/mol. The molecule has 0 bridgehead atoms. The highest BCUT2D eigenvalue weighted by atomic mass is 16.6. The summed E-state index contributed by atoms with van der Waals surface area (Å²) in [5.74, 6) is 0.125. The van der Waals surface area contributed by atoms with Gasteiger partial charge in [0, 0.05) is 19.3 Å². The number of carbonyl (C=O) groups excluding carboxylic acids is 4. The van der Waals surface area contributed by atoms with Crippen molar-refractivity contribution >= 4 is 35.9 Å². The summed E-state index contributed by atoms with van der Waals surface area (Å²) < 4.78 is 40.1. The summed E-state index contributed by atoms with van der Waals surface area (Å²) >= 11 is 0. The number of carbonyl (C=O) groups is 4. The molecule has 0 radical (unpaired) electrons. The van der Waals surface area contributed by atoms with E-state index in [0.717, 1.165) is 11.1 Å². The van der Waals surface area contributed by atoms with Crippen LogP contribution in [-0.4, -0.2) is 89.7 Å². The summed E-state index contributed by atoms with van der Waals surface area (Å²) in [5.41, 5.74) is 2.64. The van der Waals surface area contributed by atoms with Gasteiger partial charge in [-0.3, -0.25) is 19.2 Å². The van der Waals surface area contributed by atoms with Crippen molar-refractivity contribution in [2.75, 3.05) is 62.5 Å². The Kier molecular flexibility index (Phi) is 17.3. The standard InChI is InChI=1S/C38H48N2O11/c1-6-45-35(25-41)40(36(26-42)46-7-2)31-17-15-28(5)21-34(31)50-20-19-49-33-18-16-30(51-27-29-13-11-10-12-14-29)22-32(33)39(23-37(43)47-8-3)24-38(44)48-9-4/h10-18,21-22,25-26,35-36H,6-9,19-20,23-24,27H2,1-5H3. The van der Waals surface area contributed by atoms with Gasteiger partial charge in [0.1, 0.15) is 50.2 Å². The molecule has 0 spiro atoms. The first kappa shape index (κ1) is 40.3. The normalized spacial score (nSPS) is 11.9. The quantitative estimate of drug-likeness (QED) is 0.0541. The molecule has 0 aliphatic rings. The number of benzene rings is 3. The van der Waals surface area contributed by atoms with E-state index >= 15 is 0 Å². The molecule has 276 valence electrons. The van der Waals surface area contributed by atoms with Crippen LogP contribution in [0.5, 0.6) is 17.2 Å². The van der Waals surface area contributed by atoms with Crippen molar-refractivity contribution in [2.24, 2.45) is 0 Å². The summed E-state index contributed by atoms with van der Waals surface area (Å²) in [6.07, 6.45) is -1.04. The summed E-state index contributed by atoms with van der Waals surface area (Å²) in [7, 11) is 0. The Bertz CT molecular complexity index is 1500. The molecular formula is C38H48N2O11. The van der Waals surface area contributed by atoms with E-state index in [-0.39, 0.29) is 52.7 Å². The zero-order valence-electron chi connectivity index (χ0n) is 29.9. The lowest BCUT2D eigenvalue weighted by Gasteiger charge is -2.35. The molecule has 2 atom stereocenters. The Morgan fingerprint density at radius 2 is 1.25 bits per heavy atom. The number of aldehydes is 2. The van der Waals surface area contributed by atoms with E-state index in [1.165, 1.54) is 9.80 Å². The molecule has 0 heterocycles. The van der Waals surface area contributed by atoms with Crippen LogP contribution in [0.2, 0.25) is 0 Å². The molecule has 0 aliphatic heterocycles. The highest BCUT2D eigenvalue weighted by Crippen LogP contribution is 2.35. The van der Waals surface area contributed by atoms with Gasteiger partial charge >= 0.3 is 11.9 Å². The molecule has 2 unspecified atom stereocenters. The second-order valence-corrected chi connectivity index (χ2v) is 10.9. The van der Waals surface area contributed by atoms with Crippen molar-refractivity contribution in [1.82, 2.24) is 0 Å². The zero-order valence-corrected chi connectivity index (χ0v) is 29.9. The second-order valence-electron chi connectivity index (χ2n) is 10.9. The first-order chi connectivity index (χ1) is 24.8. The van der Waals surface area contributed by atoms with Gasteiger partial charge in [-0.2, -0.15) is 0 Å². The van der Waals surface area contributed by atoms with Crippen LogP contribution in [0.3, 0.4) is 0 Å². The highest BCUT2D eigenvalue weighted by molar-refractivity contribution is 5.83. The lowest BCUT2D eigenvalue weighted by molar-refractivity contribution is -0.142. The highest BCUT2D eigenvalue weighted by Gasteiger charge is 2.30. The fourth-order valence-electron chi connectivity index (χ4n) is 5.03. The third-order valence-corrected chi connectivity index (χ3v) is 7.22. The van der Waals surface area contributed by atoms with Crippen molar-refractivity contribution in [3.8, 4) is 17.2 Å². The van der Waals surface area contributed by atoms with Gasteiger partial charge in [-0.25, -0.2) is 0 Å². The summed E-state index contributed by atoms with van der Waals surface area (Å²) in [6, 6.07) is 20.1. The molecule has 3 rings (SSSR count). The number of hydrogen-bond acceptors (Lipinski definition) is 13. The average Bonchev–Trinajstić information content (AvgIpc) is 3.13. The number of ether oxygens (including phenoxy) is 7. The molecule has 3 aromatic rings. The molecule has 0 saturated carbocycles. The predicted molar refractivity (Wildman–Crippen MR) is 190 cm³/mol. The fourth-order valence-corrected chi connectivity index (χ4v) is 5.03. The molecule has 0 aromatic heterocycles. The van der Waals surface area contributed by atoms with Crippen LogP contribution >= 0.6 is 0 Å². The molecule has 0 amide bonds. The summed E-state index contributed by atoms with van der Waals surface area (Å²) in [5, 5.41) is 0. The van der Waals surface area contributed by atoms with Crippen LogP contribution in [-0.2, 0) is 44.7 Å². The first-order valence-corrected chi connectivity index (χ1v) is 16.9. The number of hydrogen-bond donors (Lipinski definition) is 0. The predicted octanol–water partition coefficient (Wildman–Crippen LogP) is 4.89. The van der Waals surface area contributed by atoms with Crippen molar-refractivity contribution < 1.29 is 52.3 Å². The maximum absolute atomic E-state index is 12.7. The minimum absolute atomic E-state index is 0.0302. The van der Waals surface area contributed by atoms with Gasteiger partial charge in [-0.05, 0) is 70.0 Å². The molecule has 0 saturated heterocycles. The second kappa shape index (κ2) is 21.8. The monoisotopic (exact) mass is 708 g/mol. The van der Waals surface area contributed by atoms with Crippen LogP contribution < -0.4 is 24.0 Å². The third-order valence-electron chi connectivity index (χ3n) is 7.22. The SMILES string of the molecule is CCOC(=O)CN(CC(=O)OCC)c1cc(OCc2ccccc2)ccc1OCCOc1cc(C)ccc1N(C(C=O)OCC)C(C=O)OCC. The number of anilines is 2. The Morgan fingerprint density at radius 1 is 0.667 bits per heavy atom. The maximum Gasteiger partial charge on any atom is 0.325 e. The Balaban J connectivity index is 1.90. The van der Waals surface area contributed by atoms with Crippen LogP contribution in [0.4, 0.5) is 11.4 Å². The van der Waals surface area contributed by atoms with Crippen LogP contribution in [0.15, 0.2) is 66.7 Å². The van der Waals surface area contributed by atoms with E-state index in [2.05, 4.69) is 0 Å². The first-order valence-electron chi connectivity index (χ1n) is 16.9. The van der Waals surface area contributed by atoms with Gasteiger partial charge in [0.15, 0.2) is 25.0 Å². The van der Waals surface area contributed by atoms with E-state index in [9.17, 15) is 19.2 Å². The molecule has 51 heavy (non-hydrogen) atoms. The van der Waals surface area contributed by atoms with Gasteiger partial charge in [0.2, 0.25) is 0 Å². The summed E-state index contributed by atoms with van der Waals surface area (Å²) in [6.45, 7) is 9.39. The Hall–Kier alpha value is -5.14. The zero-order chi connectivity index (χ0) is 37.0. The van der Waals surface area contributed by atoms with Gasteiger partial charge in [-0.1, -0.05) is 36.4 Å². The van der Waals surface area contributed by atoms with Gasteiger partial charge in [-0.15, -0.1) is 0 Å². The smallest absolute Gasteiger partial charge is 0.325 e. The van der Waals surface area contributed by atoms with Crippen LogP contribution in [0.1, 0.15) is 38.8 Å². The van der Waals surface area contributed by atoms with Crippen molar-refractivity contribution in [3.05, 3.63) is 77.9 Å². The van der Waals surface area contributed by atoms with Gasteiger partial charge < -0.3 is 43.0 Å². The van der Waals surface area contributed by atoms with Gasteiger partial charge in [0.25, 0.3) is 0 Å². The van der Waals surface area contributed by atoms with Crippen molar-refractivity contribution in [1.29, 1.82) is 0 Å². The summed E-state index contributed by atoms with van der Waals surface area (Å²) in [4.78, 5) is 52.4. The maximum atomic E-state index is 12.7.